The van der Waals surface area contributed by atoms with Gasteiger partial charge in [0.1, 0.15) is 5.15 Å². The number of nitrogens with zero attached hydrogens (tertiary/aromatic N) is 1. The molecule has 3 nitrogen and oxygen atoms in total. The van der Waals surface area contributed by atoms with E-state index in [0.717, 1.165) is 16.8 Å². The second kappa shape index (κ2) is 5.19. The van der Waals surface area contributed by atoms with Gasteiger partial charge in [-0.2, -0.15) is 0 Å². The molecular weight excluding hydrogens is 248 g/mol. The molecule has 4 heteroatoms. The summed E-state index contributed by atoms with van der Waals surface area (Å²) in [6, 6.07) is 9.15. The SMILES string of the molecule is Cc1cc(C)cc(NC(=O)c2ccc(Cl)nc2)c1. The fourth-order valence-electron chi connectivity index (χ4n) is 1.76. The first-order chi connectivity index (χ1) is 8.54. The summed E-state index contributed by atoms with van der Waals surface area (Å²) in [4.78, 5) is 15.8. The van der Waals surface area contributed by atoms with Gasteiger partial charge in [0.2, 0.25) is 0 Å². The van der Waals surface area contributed by atoms with Crippen molar-refractivity contribution in [3.63, 3.8) is 0 Å². The Labute approximate surface area is 111 Å². The van der Waals surface area contributed by atoms with Gasteiger partial charge < -0.3 is 5.32 Å². The number of pyridine rings is 1. The molecule has 0 saturated carbocycles. The average Bonchev–Trinajstić information content (AvgIpc) is 2.28. The number of hydrogen-bond donors (Lipinski definition) is 1. The van der Waals surface area contributed by atoms with Crippen LogP contribution in [0.4, 0.5) is 5.69 Å². The number of nitrogens with one attached hydrogen (secondary N) is 1. The molecule has 0 bridgehead atoms. The first-order valence-electron chi connectivity index (χ1n) is 5.56. The van der Waals surface area contributed by atoms with E-state index < -0.39 is 0 Å². The molecule has 0 aliphatic rings. The van der Waals surface area contributed by atoms with E-state index >= 15 is 0 Å². The Balaban J connectivity index is 2.18. The van der Waals surface area contributed by atoms with Crippen molar-refractivity contribution in [1.29, 1.82) is 0 Å². The van der Waals surface area contributed by atoms with Gasteiger partial charge in [-0.1, -0.05) is 17.7 Å². The molecule has 0 fully saturated rings. The van der Waals surface area contributed by atoms with E-state index in [0.29, 0.717) is 10.7 Å². The smallest absolute Gasteiger partial charge is 0.257 e. The average molecular weight is 261 g/mol. The number of aryl methyl sites for hydroxylation is 2. The Morgan fingerprint density at radius 1 is 1.17 bits per heavy atom. The van der Waals surface area contributed by atoms with Gasteiger partial charge in [-0.05, 0) is 49.2 Å². The van der Waals surface area contributed by atoms with Crippen LogP contribution in [0.15, 0.2) is 36.5 Å². The minimum Gasteiger partial charge on any atom is -0.322 e. The zero-order valence-corrected chi connectivity index (χ0v) is 11.0. The highest BCUT2D eigenvalue weighted by atomic mass is 35.5. The molecule has 1 aromatic carbocycles. The van der Waals surface area contributed by atoms with E-state index in [4.69, 9.17) is 11.6 Å². The predicted molar refractivity (Wildman–Crippen MR) is 73.1 cm³/mol. The topological polar surface area (TPSA) is 42.0 Å². The molecule has 1 N–H and O–H groups in total. The molecule has 0 saturated heterocycles. The minimum absolute atomic E-state index is 0.191. The number of aromatic nitrogens is 1. The van der Waals surface area contributed by atoms with Gasteiger partial charge in [0.05, 0.1) is 5.56 Å². The maximum absolute atomic E-state index is 12.0. The molecular formula is C14H13ClN2O. The third kappa shape index (κ3) is 3.08. The van der Waals surface area contributed by atoms with E-state index in [-0.39, 0.29) is 5.91 Å². The van der Waals surface area contributed by atoms with Crippen molar-refractivity contribution in [3.05, 3.63) is 58.4 Å². The molecule has 92 valence electrons. The minimum atomic E-state index is -0.191. The maximum Gasteiger partial charge on any atom is 0.257 e. The highest BCUT2D eigenvalue weighted by Crippen LogP contribution is 2.15. The van der Waals surface area contributed by atoms with Crippen molar-refractivity contribution in [2.75, 3.05) is 5.32 Å². The van der Waals surface area contributed by atoms with Crippen LogP contribution in [0.2, 0.25) is 5.15 Å². The Morgan fingerprint density at radius 3 is 2.39 bits per heavy atom. The van der Waals surface area contributed by atoms with Crippen LogP contribution >= 0.6 is 11.6 Å². The highest BCUT2D eigenvalue weighted by Gasteiger charge is 2.06. The van der Waals surface area contributed by atoms with Gasteiger partial charge >= 0.3 is 0 Å². The molecule has 0 aliphatic heterocycles. The van der Waals surface area contributed by atoms with Crippen molar-refractivity contribution in [2.45, 2.75) is 13.8 Å². The van der Waals surface area contributed by atoms with E-state index in [1.54, 1.807) is 12.1 Å². The third-order valence-corrected chi connectivity index (χ3v) is 2.69. The van der Waals surface area contributed by atoms with Crippen LogP contribution in [-0.4, -0.2) is 10.9 Å². The molecule has 2 aromatic rings. The Bertz CT molecular complexity index is 559. The summed E-state index contributed by atoms with van der Waals surface area (Å²) in [6.45, 7) is 3.99. The monoisotopic (exact) mass is 260 g/mol. The van der Waals surface area contributed by atoms with Crippen LogP contribution < -0.4 is 5.32 Å². The summed E-state index contributed by atoms with van der Waals surface area (Å²) in [5, 5.41) is 3.21. The van der Waals surface area contributed by atoms with Crippen molar-refractivity contribution < 1.29 is 4.79 Å². The van der Waals surface area contributed by atoms with E-state index in [1.165, 1.54) is 6.20 Å². The normalized spacial score (nSPS) is 10.2. The van der Waals surface area contributed by atoms with Gasteiger partial charge in [-0.3, -0.25) is 4.79 Å². The lowest BCUT2D eigenvalue weighted by molar-refractivity contribution is 0.102. The fraction of sp³-hybridized carbons (Fsp3) is 0.143. The van der Waals surface area contributed by atoms with Gasteiger partial charge in [0, 0.05) is 11.9 Å². The molecule has 1 amide bonds. The van der Waals surface area contributed by atoms with Crippen LogP contribution in [0, 0.1) is 13.8 Å². The van der Waals surface area contributed by atoms with E-state index in [9.17, 15) is 4.79 Å². The quantitative estimate of drug-likeness (QED) is 0.839. The number of halogens is 1. The van der Waals surface area contributed by atoms with Crippen molar-refractivity contribution in [2.24, 2.45) is 0 Å². The lowest BCUT2D eigenvalue weighted by atomic mass is 10.1. The number of rotatable bonds is 2. The van der Waals surface area contributed by atoms with Crippen LogP contribution in [-0.2, 0) is 0 Å². The summed E-state index contributed by atoms with van der Waals surface area (Å²) in [6.07, 6.45) is 1.46. The second-order valence-corrected chi connectivity index (χ2v) is 4.59. The summed E-state index contributed by atoms with van der Waals surface area (Å²) in [5.41, 5.74) is 3.49. The van der Waals surface area contributed by atoms with Gasteiger partial charge in [-0.15, -0.1) is 0 Å². The van der Waals surface area contributed by atoms with Crippen LogP contribution in [0.3, 0.4) is 0 Å². The maximum atomic E-state index is 12.0. The fourth-order valence-corrected chi connectivity index (χ4v) is 1.87. The van der Waals surface area contributed by atoms with Crippen molar-refractivity contribution >= 4 is 23.2 Å². The first kappa shape index (κ1) is 12.6. The number of amides is 1. The van der Waals surface area contributed by atoms with Crippen LogP contribution in [0.25, 0.3) is 0 Å². The van der Waals surface area contributed by atoms with Gasteiger partial charge in [0.25, 0.3) is 5.91 Å². The number of benzene rings is 1. The Morgan fingerprint density at radius 2 is 1.83 bits per heavy atom. The number of hydrogen-bond acceptors (Lipinski definition) is 2. The molecule has 0 aliphatic carbocycles. The Kier molecular flexibility index (Phi) is 3.63. The van der Waals surface area contributed by atoms with Crippen molar-refractivity contribution in [1.82, 2.24) is 4.98 Å². The largest absolute Gasteiger partial charge is 0.322 e. The summed E-state index contributed by atoms with van der Waals surface area (Å²) in [7, 11) is 0. The lowest BCUT2D eigenvalue weighted by Gasteiger charge is -2.07. The molecule has 0 spiro atoms. The zero-order chi connectivity index (χ0) is 13.1. The van der Waals surface area contributed by atoms with Crippen LogP contribution in [0.1, 0.15) is 21.5 Å². The summed E-state index contributed by atoms with van der Waals surface area (Å²) < 4.78 is 0. The highest BCUT2D eigenvalue weighted by molar-refractivity contribution is 6.29. The molecule has 18 heavy (non-hydrogen) atoms. The van der Waals surface area contributed by atoms with E-state index in [1.807, 2.05) is 26.0 Å². The predicted octanol–water partition coefficient (Wildman–Crippen LogP) is 3.60. The van der Waals surface area contributed by atoms with Gasteiger partial charge in [-0.25, -0.2) is 4.98 Å². The summed E-state index contributed by atoms with van der Waals surface area (Å²) >= 11 is 5.68. The summed E-state index contributed by atoms with van der Waals surface area (Å²) in [5.74, 6) is -0.191. The molecule has 1 aromatic heterocycles. The first-order valence-corrected chi connectivity index (χ1v) is 5.93. The molecule has 2 rings (SSSR count). The number of anilines is 1. The number of carbonyl (C=O) groups is 1. The molecule has 0 unspecified atom stereocenters. The lowest BCUT2D eigenvalue weighted by Crippen LogP contribution is -2.12. The third-order valence-electron chi connectivity index (χ3n) is 2.47. The molecule has 0 radical (unpaired) electrons. The van der Waals surface area contributed by atoms with E-state index in [2.05, 4.69) is 16.4 Å². The zero-order valence-electron chi connectivity index (χ0n) is 10.2. The number of carbonyl (C=O) groups excluding carboxylic acids is 1. The Hall–Kier alpha value is -1.87. The second-order valence-electron chi connectivity index (χ2n) is 4.20. The van der Waals surface area contributed by atoms with Crippen molar-refractivity contribution in [3.8, 4) is 0 Å². The molecule has 1 heterocycles. The standard InChI is InChI=1S/C14H13ClN2O/c1-9-5-10(2)7-12(6-9)17-14(18)11-3-4-13(15)16-8-11/h3-8H,1-2H3,(H,17,18). The van der Waals surface area contributed by atoms with Crippen LogP contribution in [0.5, 0.6) is 0 Å². The molecule has 0 atom stereocenters. The van der Waals surface area contributed by atoms with Gasteiger partial charge in [0.15, 0.2) is 0 Å².